The van der Waals surface area contributed by atoms with Gasteiger partial charge in [-0.25, -0.2) is 13.9 Å². The Morgan fingerprint density at radius 3 is 1.80 bits per heavy atom. The van der Waals surface area contributed by atoms with Crippen molar-refractivity contribution < 1.29 is 18.3 Å². The van der Waals surface area contributed by atoms with Crippen LogP contribution in [0.4, 0.5) is 13.2 Å². The molecule has 1 unspecified atom stereocenters. The molecule has 0 heterocycles. The van der Waals surface area contributed by atoms with Crippen LogP contribution in [0.15, 0.2) is 0 Å². The molecule has 0 bridgehead atoms. The van der Waals surface area contributed by atoms with Crippen molar-refractivity contribution in [2.45, 2.75) is 12.5 Å². The Hall–Kier alpha value is -0.250. The number of alkyl halides is 3. The molecule has 0 amide bonds. The third kappa shape index (κ3) is 1.87. The van der Waals surface area contributed by atoms with Gasteiger partial charge >= 0.3 is 0 Å². The van der Waals surface area contributed by atoms with Crippen molar-refractivity contribution in [1.29, 1.82) is 0 Å². The fraction of sp³-hybridized carbons (Fsp3) is 1.00. The number of hydrogen-bond donors (Lipinski definition) is 0. The summed E-state index contributed by atoms with van der Waals surface area (Å²) in [6, 6.07) is 0. The van der Waals surface area contributed by atoms with E-state index < -0.39 is 31.5 Å². The second-order valence-electron chi connectivity index (χ2n) is 2.39. The highest BCUT2D eigenvalue weighted by Crippen LogP contribution is 2.19. The van der Waals surface area contributed by atoms with E-state index in [0.29, 0.717) is 0 Å². The molecule has 0 aliphatic rings. The maximum absolute atomic E-state index is 11.8. The van der Waals surface area contributed by atoms with Crippen LogP contribution in [0.3, 0.4) is 0 Å². The van der Waals surface area contributed by atoms with Gasteiger partial charge in [-0.05, 0) is 0 Å². The number of hydrogen-bond acceptors (Lipinski definition) is 0. The summed E-state index contributed by atoms with van der Waals surface area (Å²) < 4.78 is 35.2. The van der Waals surface area contributed by atoms with Crippen LogP contribution in [0.5, 0.6) is 0 Å². The molecular formula is C6H10F3O. The lowest BCUT2D eigenvalue weighted by Gasteiger charge is -2.23. The van der Waals surface area contributed by atoms with Crippen LogP contribution in [0, 0.1) is 5.92 Å². The molecule has 0 N–H and O–H groups in total. The Morgan fingerprint density at radius 1 is 1.30 bits per heavy atom. The van der Waals surface area contributed by atoms with Gasteiger partial charge in [0.15, 0.2) is 5.60 Å². The quantitative estimate of drug-likeness (QED) is 0.588. The third-order valence-corrected chi connectivity index (χ3v) is 1.58. The average Bonchev–Trinajstić information content (AvgIpc) is 2.01. The summed E-state index contributed by atoms with van der Waals surface area (Å²) >= 11 is 0. The lowest BCUT2D eigenvalue weighted by Crippen LogP contribution is -2.40. The van der Waals surface area contributed by atoms with E-state index in [1.807, 2.05) is 0 Å². The second-order valence-corrected chi connectivity index (χ2v) is 2.39. The van der Waals surface area contributed by atoms with E-state index in [2.05, 4.69) is 0 Å². The van der Waals surface area contributed by atoms with Crippen LogP contribution in [-0.2, 0) is 5.11 Å². The summed E-state index contributed by atoms with van der Waals surface area (Å²) in [5.74, 6) is -1.09. The summed E-state index contributed by atoms with van der Waals surface area (Å²) in [5.41, 5.74) is -2.37. The third-order valence-electron chi connectivity index (χ3n) is 1.58. The van der Waals surface area contributed by atoms with E-state index in [4.69, 9.17) is 0 Å². The van der Waals surface area contributed by atoms with E-state index in [0.717, 1.165) is 0 Å². The van der Waals surface area contributed by atoms with Crippen molar-refractivity contribution in [2.24, 2.45) is 5.92 Å². The first-order chi connectivity index (χ1) is 4.60. The first kappa shape index (κ1) is 9.75. The van der Waals surface area contributed by atoms with Gasteiger partial charge in [-0.1, -0.05) is 6.92 Å². The van der Waals surface area contributed by atoms with Gasteiger partial charge < -0.3 is 0 Å². The summed E-state index contributed by atoms with van der Waals surface area (Å²) in [6.45, 7) is -2.48. The highest BCUT2D eigenvalue weighted by atomic mass is 19.1. The Balaban J connectivity index is 4.02. The van der Waals surface area contributed by atoms with Crippen molar-refractivity contribution in [3.05, 3.63) is 0 Å². The van der Waals surface area contributed by atoms with Crippen LogP contribution in [0.2, 0.25) is 0 Å². The standard InChI is InChI=1S/C6H10F3O/c1-5(2-7)6(10,3-8)4-9/h5H,2-4H2,1H3. The van der Waals surface area contributed by atoms with Gasteiger partial charge in [0.2, 0.25) is 0 Å². The SMILES string of the molecule is CC(CF)C([O])(CF)CF. The van der Waals surface area contributed by atoms with E-state index in [-0.39, 0.29) is 0 Å². The van der Waals surface area contributed by atoms with Crippen LogP contribution < -0.4 is 0 Å². The average molecular weight is 155 g/mol. The van der Waals surface area contributed by atoms with Gasteiger partial charge in [0.1, 0.15) is 13.3 Å². The lowest BCUT2D eigenvalue weighted by molar-refractivity contribution is -0.107. The van der Waals surface area contributed by atoms with Crippen LogP contribution in [0.25, 0.3) is 0 Å². The van der Waals surface area contributed by atoms with E-state index in [9.17, 15) is 18.3 Å². The summed E-state index contributed by atoms with van der Waals surface area (Å²) in [7, 11) is 0. The molecule has 1 nitrogen and oxygen atoms in total. The first-order valence-corrected chi connectivity index (χ1v) is 2.99. The Bertz CT molecular complexity index is 93.0. The molecule has 61 valence electrons. The monoisotopic (exact) mass is 155 g/mol. The van der Waals surface area contributed by atoms with Crippen LogP contribution >= 0.6 is 0 Å². The molecule has 0 aliphatic heterocycles. The molecule has 0 fully saturated rings. The number of halogens is 3. The van der Waals surface area contributed by atoms with Crippen molar-refractivity contribution in [3.8, 4) is 0 Å². The normalized spacial score (nSPS) is 15.3. The van der Waals surface area contributed by atoms with Crippen molar-refractivity contribution in [1.82, 2.24) is 0 Å². The van der Waals surface area contributed by atoms with Crippen molar-refractivity contribution in [3.63, 3.8) is 0 Å². The Morgan fingerprint density at radius 2 is 1.70 bits per heavy atom. The zero-order chi connectivity index (χ0) is 8.20. The number of rotatable bonds is 4. The maximum atomic E-state index is 11.8. The Kier molecular flexibility index (Phi) is 3.71. The highest BCUT2D eigenvalue weighted by Gasteiger charge is 2.36. The maximum Gasteiger partial charge on any atom is 0.165 e. The molecule has 0 aromatic heterocycles. The van der Waals surface area contributed by atoms with Gasteiger partial charge in [-0.2, -0.15) is 0 Å². The minimum absolute atomic E-state index is 0.975. The molecule has 0 aromatic carbocycles. The smallest absolute Gasteiger partial charge is 0.165 e. The summed E-state index contributed by atoms with van der Waals surface area (Å²) in [6.07, 6.45) is 0. The molecule has 0 rings (SSSR count). The van der Waals surface area contributed by atoms with Crippen molar-refractivity contribution in [2.75, 3.05) is 20.0 Å². The zero-order valence-electron chi connectivity index (χ0n) is 5.74. The molecule has 0 saturated heterocycles. The van der Waals surface area contributed by atoms with Gasteiger partial charge in [0.25, 0.3) is 0 Å². The van der Waals surface area contributed by atoms with Gasteiger partial charge in [-0.3, -0.25) is 4.39 Å². The van der Waals surface area contributed by atoms with Crippen molar-refractivity contribution >= 4 is 0 Å². The van der Waals surface area contributed by atoms with Gasteiger partial charge in [0, 0.05) is 5.92 Å². The molecule has 0 spiro atoms. The van der Waals surface area contributed by atoms with E-state index in [1.165, 1.54) is 6.92 Å². The van der Waals surface area contributed by atoms with Crippen LogP contribution in [-0.4, -0.2) is 25.6 Å². The summed E-state index contributed by atoms with van der Waals surface area (Å²) in [4.78, 5) is 0. The first-order valence-electron chi connectivity index (χ1n) is 2.99. The molecular weight excluding hydrogens is 145 g/mol. The fourth-order valence-corrected chi connectivity index (χ4v) is 0.440. The van der Waals surface area contributed by atoms with Gasteiger partial charge in [0.05, 0.1) is 6.67 Å². The van der Waals surface area contributed by atoms with E-state index in [1.54, 1.807) is 0 Å². The largest absolute Gasteiger partial charge is 0.251 e. The van der Waals surface area contributed by atoms with Crippen LogP contribution in [0.1, 0.15) is 6.92 Å². The molecule has 10 heavy (non-hydrogen) atoms. The predicted octanol–water partition coefficient (Wildman–Crippen LogP) is 1.70. The van der Waals surface area contributed by atoms with Gasteiger partial charge in [-0.15, -0.1) is 0 Å². The van der Waals surface area contributed by atoms with E-state index >= 15 is 0 Å². The molecule has 1 atom stereocenters. The fourth-order valence-electron chi connectivity index (χ4n) is 0.440. The molecule has 0 aliphatic carbocycles. The lowest BCUT2D eigenvalue weighted by atomic mass is 9.93. The molecule has 0 saturated carbocycles. The minimum Gasteiger partial charge on any atom is -0.251 e. The minimum atomic E-state index is -2.37. The molecule has 1 radical (unpaired) electrons. The molecule has 4 heteroatoms. The summed E-state index contributed by atoms with van der Waals surface area (Å²) in [5, 5.41) is 10.8. The topological polar surface area (TPSA) is 19.9 Å². The second kappa shape index (κ2) is 3.81. The zero-order valence-corrected chi connectivity index (χ0v) is 5.74. The highest BCUT2D eigenvalue weighted by molar-refractivity contribution is 4.82. The Labute approximate surface area is 57.9 Å². The molecule has 0 aromatic rings. The predicted molar refractivity (Wildman–Crippen MR) is 30.5 cm³/mol.